The summed E-state index contributed by atoms with van der Waals surface area (Å²) in [6.07, 6.45) is 3.69. The minimum Gasteiger partial charge on any atom is -0.310 e. The largest absolute Gasteiger partial charge is 0.310 e. The molecule has 0 aromatic rings. The molecule has 0 spiro atoms. The minimum atomic E-state index is 0.222. The van der Waals surface area contributed by atoms with E-state index in [-0.39, 0.29) is 5.78 Å². The van der Waals surface area contributed by atoms with Crippen molar-refractivity contribution >= 4 is 5.78 Å². The van der Waals surface area contributed by atoms with Gasteiger partial charge in [0.15, 0.2) is 0 Å². The zero-order valence-electron chi connectivity index (χ0n) is 8.52. The third-order valence-corrected chi connectivity index (χ3v) is 2.26. The number of Topliss-reactive ketones (excluding diaryl/α,β-unsaturated/α-hetero) is 1. The van der Waals surface area contributed by atoms with Gasteiger partial charge in [0, 0.05) is 0 Å². The van der Waals surface area contributed by atoms with Crippen molar-refractivity contribution in [3.63, 3.8) is 0 Å². The highest BCUT2D eigenvalue weighted by Gasteiger charge is 2.02. The monoisotopic (exact) mass is 171 g/mol. The van der Waals surface area contributed by atoms with Crippen molar-refractivity contribution in [2.75, 3.05) is 13.1 Å². The first-order chi connectivity index (χ1) is 5.70. The molecule has 0 saturated heterocycles. The fourth-order valence-electron chi connectivity index (χ4n) is 1.27. The van der Waals surface area contributed by atoms with Gasteiger partial charge in [0.2, 0.25) is 0 Å². The van der Waals surface area contributed by atoms with Crippen LogP contribution in [0.3, 0.4) is 0 Å². The standard InChI is InChI=1S/C10H21NO/c1-4-10(5-2)6-7-11-8-9(3)12/h10-11H,4-8H2,1-3H3. The third kappa shape index (κ3) is 6.35. The molecule has 1 N–H and O–H groups in total. The molecule has 0 heterocycles. The summed E-state index contributed by atoms with van der Waals surface area (Å²) in [4.78, 5) is 10.6. The van der Waals surface area contributed by atoms with Crippen molar-refractivity contribution in [1.29, 1.82) is 0 Å². The van der Waals surface area contributed by atoms with Crippen LogP contribution >= 0.6 is 0 Å². The van der Waals surface area contributed by atoms with Crippen LogP contribution in [0.25, 0.3) is 0 Å². The first-order valence-corrected chi connectivity index (χ1v) is 4.90. The molecule has 2 heteroatoms. The van der Waals surface area contributed by atoms with Crippen LogP contribution in [0.5, 0.6) is 0 Å². The summed E-state index contributed by atoms with van der Waals surface area (Å²) in [7, 11) is 0. The summed E-state index contributed by atoms with van der Waals surface area (Å²) in [5, 5.41) is 3.13. The van der Waals surface area contributed by atoms with E-state index in [9.17, 15) is 4.79 Å². The van der Waals surface area contributed by atoms with E-state index in [1.165, 1.54) is 19.3 Å². The maximum Gasteiger partial charge on any atom is 0.143 e. The Morgan fingerprint density at radius 3 is 2.33 bits per heavy atom. The normalized spacial score (nSPS) is 10.7. The first kappa shape index (κ1) is 11.6. The average Bonchev–Trinajstić information content (AvgIpc) is 2.04. The van der Waals surface area contributed by atoms with E-state index in [1.54, 1.807) is 6.92 Å². The number of carbonyl (C=O) groups excluding carboxylic acids is 1. The topological polar surface area (TPSA) is 29.1 Å². The van der Waals surface area contributed by atoms with E-state index in [0.29, 0.717) is 6.54 Å². The molecule has 0 fully saturated rings. The minimum absolute atomic E-state index is 0.222. The summed E-state index contributed by atoms with van der Waals surface area (Å²) in [5.74, 6) is 1.05. The molecular formula is C10H21NO. The maximum absolute atomic E-state index is 10.6. The van der Waals surface area contributed by atoms with Gasteiger partial charge in [-0.15, -0.1) is 0 Å². The van der Waals surface area contributed by atoms with Gasteiger partial charge in [-0.25, -0.2) is 0 Å². The van der Waals surface area contributed by atoms with Crippen LogP contribution in [0, 0.1) is 5.92 Å². The summed E-state index contributed by atoms with van der Waals surface area (Å²) in [5.41, 5.74) is 0. The third-order valence-electron chi connectivity index (χ3n) is 2.26. The van der Waals surface area contributed by atoms with Gasteiger partial charge in [0.1, 0.15) is 5.78 Å². The Labute approximate surface area is 75.7 Å². The van der Waals surface area contributed by atoms with E-state index >= 15 is 0 Å². The Bertz CT molecular complexity index is 119. The van der Waals surface area contributed by atoms with Crippen LogP contribution in [0.4, 0.5) is 0 Å². The molecule has 0 aliphatic rings. The molecule has 0 aliphatic heterocycles. The fourth-order valence-corrected chi connectivity index (χ4v) is 1.27. The lowest BCUT2D eigenvalue weighted by molar-refractivity contribution is -0.116. The summed E-state index contributed by atoms with van der Waals surface area (Å²) in [6, 6.07) is 0. The molecule has 0 saturated carbocycles. The Kier molecular flexibility index (Phi) is 7.06. The molecule has 0 amide bonds. The van der Waals surface area contributed by atoms with Crippen LogP contribution in [-0.4, -0.2) is 18.9 Å². The predicted molar refractivity (Wildman–Crippen MR) is 52.2 cm³/mol. The molecule has 72 valence electrons. The van der Waals surface area contributed by atoms with Crippen molar-refractivity contribution in [3.8, 4) is 0 Å². The van der Waals surface area contributed by atoms with Gasteiger partial charge < -0.3 is 5.32 Å². The molecule has 0 unspecified atom stereocenters. The van der Waals surface area contributed by atoms with Gasteiger partial charge in [-0.1, -0.05) is 26.7 Å². The van der Waals surface area contributed by atoms with Crippen molar-refractivity contribution in [1.82, 2.24) is 5.32 Å². The quantitative estimate of drug-likeness (QED) is 0.593. The summed E-state index contributed by atoms with van der Waals surface area (Å²) < 4.78 is 0. The number of hydrogen-bond donors (Lipinski definition) is 1. The second-order valence-corrected chi connectivity index (χ2v) is 3.35. The van der Waals surface area contributed by atoms with E-state index < -0.39 is 0 Å². The zero-order chi connectivity index (χ0) is 9.40. The van der Waals surface area contributed by atoms with Crippen molar-refractivity contribution in [2.24, 2.45) is 5.92 Å². The molecule has 0 bridgehead atoms. The van der Waals surface area contributed by atoms with E-state index in [4.69, 9.17) is 0 Å². The van der Waals surface area contributed by atoms with Crippen LogP contribution in [-0.2, 0) is 4.79 Å². The SMILES string of the molecule is CCC(CC)CCNCC(C)=O. The summed E-state index contributed by atoms with van der Waals surface area (Å²) >= 11 is 0. The molecule has 12 heavy (non-hydrogen) atoms. The van der Waals surface area contributed by atoms with Gasteiger partial charge >= 0.3 is 0 Å². The lowest BCUT2D eigenvalue weighted by Crippen LogP contribution is -2.23. The average molecular weight is 171 g/mol. The summed E-state index contributed by atoms with van der Waals surface area (Å²) in [6.45, 7) is 7.56. The van der Waals surface area contributed by atoms with Crippen molar-refractivity contribution in [3.05, 3.63) is 0 Å². The lowest BCUT2D eigenvalue weighted by atomic mass is 10.00. The van der Waals surface area contributed by atoms with E-state index in [1.807, 2.05) is 0 Å². The molecular weight excluding hydrogens is 150 g/mol. The van der Waals surface area contributed by atoms with E-state index in [2.05, 4.69) is 19.2 Å². The molecule has 0 aromatic carbocycles. The van der Waals surface area contributed by atoms with Crippen molar-refractivity contribution < 1.29 is 4.79 Å². The van der Waals surface area contributed by atoms with Gasteiger partial charge in [0.05, 0.1) is 6.54 Å². The second kappa shape index (κ2) is 7.29. The highest BCUT2D eigenvalue weighted by molar-refractivity contribution is 5.77. The Morgan fingerprint density at radius 2 is 1.92 bits per heavy atom. The zero-order valence-corrected chi connectivity index (χ0v) is 8.52. The van der Waals surface area contributed by atoms with Crippen molar-refractivity contribution in [2.45, 2.75) is 40.0 Å². The predicted octanol–water partition coefficient (Wildman–Crippen LogP) is 1.99. The van der Waals surface area contributed by atoms with Crippen LogP contribution in [0.2, 0.25) is 0 Å². The molecule has 0 radical (unpaired) electrons. The van der Waals surface area contributed by atoms with Gasteiger partial charge in [0.25, 0.3) is 0 Å². The number of ketones is 1. The first-order valence-electron chi connectivity index (χ1n) is 4.90. The Hall–Kier alpha value is -0.370. The molecule has 0 aromatic heterocycles. The van der Waals surface area contributed by atoms with Crippen LogP contribution < -0.4 is 5.32 Å². The fraction of sp³-hybridized carbons (Fsp3) is 0.900. The number of rotatable bonds is 7. The molecule has 0 rings (SSSR count). The molecule has 0 aliphatic carbocycles. The van der Waals surface area contributed by atoms with Gasteiger partial charge in [-0.2, -0.15) is 0 Å². The highest BCUT2D eigenvalue weighted by Crippen LogP contribution is 2.10. The Balaban J connectivity index is 3.23. The molecule has 2 nitrogen and oxygen atoms in total. The van der Waals surface area contributed by atoms with Crippen LogP contribution in [0.1, 0.15) is 40.0 Å². The second-order valence-electron chi connectivity index (χ2n) is 3.35. The van der Waals surface area contributed by atoms with Gasteiger partial charge in [-0.05, 0) is 25.8 Å². The number of hydrogen-bond acceptors (Lipinski definition) is 2. The Morgan fingerprint density at radius 1 is 1.33 bits per heavy atom. The molecule has 0 atom stereocenters. The van der Waals surface area contributed by atoms with E-state index in [0.717, 1.165) is 12.5 Å². The maximum atomic E-state index is 10.6. The van der Waals surface area contributed by atoms with Crippen LogP contribution in [0.15, 0.2) is 0 Å². The number of nitrogens with one attached hydrogen (secondary N) is 1. The lowest BCUT2D eigenvalue weighted by Gasteiger charge is -2.11. The smallest absolute Gasteiger partial charge is 0.143 e. The van der Waals surface area contributed by atoms with Gasteiger partial charge in [-0.3, -0.25) is 4.79 Å². The highest BCUT2D eigenvalue weighted by atomic mass is 16.1. The number of carbonyl (C=O) groups is 1.